The minimum atomic E-state index is 0.393. The first-order chi connectivity index (χ1) is 9.42. The Morgan fingerprint density at radius 2 is 2.15 bits per heavy atom. The van der Waals surface area contributed by atoms with Crippen LogP contribution in [0.5, 0.6) is 0 Å². The summed E-state index contributed by atoms with van der Waals surface area (Å²) < 4.78 is 0. The van der Waals surface area contributed by atoms with Crippen LogP contribution in [0.2, 0.25) is 0 Å². The Morgan fingerprint density at radius 1 is 1.35 bits per heavy atom. The molecule has 1 aliphatic heterocycles. The molecule has 1 atom stereocenters. The second kappa shape index (κ2) is 6.66. The number of nitrogens with zero attached hydrogens (tertiary/aromatic N) is 1. The van der Waals surface area contributed by atoms with Crippen molar-refractivity contribution in [3.63, 3.8) is 0 Å². The molecule has 1 aromatic rings. The SMILES string of the molecule is Cc1cccc(CCNC2=NCC(CC(C)(C)C)S2)c1. The smallest absolute Gasteiger partial charge is 0.156 e. The third-order valence-corrected chi connectivity index (χ3v) is 4.48. The van der Waals surface area contributed by atoms with E-state index >= 15 is 0 Å². The quantitative estimate of drug-likeness (QED) is 0.905. The third-order valence-electron chi connectivity index (χ3n) is 3.33. The maximum atomic E-state index is 4.62. The lowest BCUT2D eigenvalue weighted by Crippen LogP contribution is -2.23. The molecule has 0 saturated carbocycles. The van der Waals surface area contributed by atoms with Crippen LogP contribution in [-0.2, 0) is 6.42 Å². The number of benzene rings is 1. The summed E-state index contributed by atoms with van der Waals surface area (Å²) in [6.45, 7) is 11.0. The Balaban J connectivity index is 1.71. The van der Waals surface area contributed by atoms with E-state index in [2.05, 4.69) is 62.3 Å². The fourth-order valence-electron chi connectivity index (χ4n) is 2.49. The largest absolute Gasteiger partial charge is 0.365 e. The first-order valence-electron chi connectivity index (χ1n) is 7.43. The van der Waals surface area contributed by atoms with Crippen LogP contribution in [-0.4, -0.2) is 23.5 Å². The van der Waals surface area contributed by atoms with E-state index in [1.807, 2.05) is 11.8 Å². The highest BCUT2D eigenvalue weighted by Gasteiger charge is 2.24. The summed E-state index contributed by atoms with van der Waals surface area (Å²) in [5.74, 6) is 0. The lowest BCUT2D eigenvalue weighted by molar-refractivity contribution is 0.375. The summed E-state index contributed by atoms with van der Waals surface area (Å²) >= 11 is 1.91. The molecule has 20 heavy (non-hydrogen) atoms. The Morgan fingerprint density at radius 3 is 2.85 bits per heavy atom. The number of hydrogen-bond donors (Lipinski definition) is 1. The first-order valence-corrected chi connectivity index (χ1v) is 8.31. The van der Waals surface area contributed by atoms with E-state index in [-0.39, 0.29) is 0 Å². The molecule has 0 aliphatic carbocycles. The molecule has 0 radical (unpaired) electrons. The van der Waals surface area contributed by atoms with Crippen molar-refractivity contribution in [2.75, 3.05) is 13.1 Å². The minimum Gasteiger partial charge on any atom is -0.365 e. The summed E-state index contributed by atoms with van der Waals surface area (Å²) in [5.41, 5.74) is 3.12. The molecule has 2 nitrogen and oxygen atoms in total. The van der Waals surface area contributed by atoms with Crippen LogP contribution in [0.25, 0.3) is 0 Å². The summed E-state index contributed by atoms with van der Waals surface area (Å²) in [6, 6.07) is 8.73. The highest BCUT2D eigenvalue weighted by molar-refractivity contribution is 8.14. The van der Waals surface area contributed by atoms with Crippen molar-refractivity contribution in [2.24, 2.45) is 10.4 Å². The lowest BCUT2D eigenvalue weighted by atomic mass is 9.90. The van der Waals surface area contributed by atoms with Gasteiger partial charge in [0.1, 0.15) is 0 Å². The number of nitrogens with one attached hydrogen (secondary N) is 1. The van der Waals surface area contributed by atoms with Gasteiger partial charge in [0, 0.05) is 11.8 Å². The number of thioether (sulfide) groups is 1. The molecule has 0 saturated heterocycles. The molecular weight excluding hydrogens is 264 g/mol. The molecule has 1 aromatic carbocycles. The second-order valence-electron chi connectivity index (χ2n) is 6.82. The Labute approximate surface area is 127 Å². The van der Waals surface area contributed by atoms with Crippen LogP contribution in [0.4, 0.5) is 0 Å². The zero-order valence-corrected chi connectivity index (χ0v) is 13.9. The molecule has 0 bridgehead atoms. The van der Waals surface area contributed by atoms with Crippen molar-refractivity contribution in [1.82, 2.24) is 5.32 Å². The summed E-state index contributed by atoms with van der Waals surface area (Å²) in [5, 5.41) is 5.26. The van der Waals surface area contributed by atoms with E-state index in [1.165, 1.54) is 17.5 Å². The standard InChI is InChI=1S/C17H26N2S/c1-13-6-5-7-14(10-13)8-9-18-16-19-12-15(20-16)11-17(2,3)4/h5-7,10,15H,8-9,11-12H2,1-4H3,(H,18,19). The Bertz CT molecular complexity index is 474. The highest BCUT2D eigenvalue weighted by Crippen LogP contribution is 2.31. The molecule has 1 N–H and O–H groups in total. The molecule has 2 rings (SSSR count). The third kappa shape index (κ3) is 5.20. The fraction of sp³-hybridized carbons (Fsp3) is 0.588. The number of hydrogen-bond acceptors (Lipinski definition) is 3. The van der Waals surface area contributed by atoms with Gasteiger partial charge in [0.25, 0.3) is 0 Å². The molecule has 0 aromatic heterocycles. The van der Waals surface area contributed by atoms with E-state index in [1.54, 1.807) is 0 Å². The van der Waals surface area contributed by atoms with Crippen LogP contribution in [0, 0.1) is 12.3 Å². The van der Waals surface area contributed by atoms with Gasteiger partial charge in [0.05, 0.1) is 6.54 Å². The molecule has 0 fully saturated rings. The zero-order valence-electron chi connectivity index (χ0n) is 13.1. The number of aryl methyl sites for hydroxylation is 1. The van der Waals surface area contributed by atoms with Gasteiger partial charge < -0.3 is 5.32 Å². The average Bonchev–Trinajstić information content (AvgIpc) is 2.74. The van der Waals surface area contributed by atoms with Crippen molar-refractivity contribution in [2.45, 2.75) is 45.8 Å². The van der Waals surface area contributed by atoms with Crippen LogP contribution in [0.1, 0.15) is 38.3 Å². The minimum absolute atomic E-state index is 0.393. The average molecular weight is 290 g/mol. The molecule has 3 heteroatoms. The maximum absolute atomic E-state index is 4.62. The maximum Gasteiger partial charge on any atom is 0.156 e. The zero-order chi connectivity index (χ0) is 14.6. The Hall–Kier alpha value is -0.960. The van der Waals surface area contributed by atoms with Gasteiger partial charge in [0.2, 0.25) is 0 Å². The number of aliphatic imine (C=N–C) groups is 1. The van der Waals surface area contributed by atoms with Crippen molar-refractivity contribution in [3.8, 4) is 0 Å². The predicted molar refractivity (Wildman–Crippen MR) is 90.6 cm³/mol. The van der Waals surface area contributed by atoms with Crippen molar-refractivity contribution >= 4 is 16.9 Å². The van der Waals surface area contributed by atoms with Gasteiger partial charge in [-0.15, -0.1) is 0 Å². The van der Waals surface area contributed by atoms with E-state index in [0.29, 0.717) is 10.7 Å². The lowest BCUT2D eigenvalue weighted by Gasteiger charge is -2.21. The monoisotopic (exact) mass is 290 g/mol. The van der Waals surface area contributed by atoms with E-state index in [4.69, 9.17) is 0 Å². The van der Waals surface area contributed by atoms with Crippen molar-refractivity contribution in [3.05, 3.63) is 35.4 Å². The summed E-state index contributed by atoms with van der Waals surface area (Å²) in [4.78, 5) is 4.62. The Kier molecular flexibility index (Phi) is 5.14. The van der Waals surface area contributed by atoms with Gasteiger partial charge in [-0.3, -0.25) is 4.99 Å². The van der Waals surface area contributed by atoms with Crippen molar-refractivity contribution < 1.29 is 0 Å². The van der Waals surface area contributed by atoms with Crippen LogP contribution in [0.3, 0.4) is 0 Å². The highest BCUT2D eigenvalue weighted by atomic mass is 32.2. The molecule has 1 heterocycles. The van der Waals surface area contributed by atoms with Gasteiger partial charge in [-0.25, -0.2) is 0 Å². The molecule has 1 unspecified atom stereocenters. The second-order valence-corrected chi connectivity index (χ2v) is 8.11. The van der Waals surface area contributed by atoms with Gasteiger partial charge in [-0.1, -0.05) is 62.4 Å². The topological polar surface area (TPSA) is 24.4 Å². The van der Waals surface area contributed by atoms with Crippen LogP contribution >= 0.6 is 11.8 Å². The van der Waals surface area contributed by atoms with E-state index in [0.717, 1.165) is 24.7 Å². The molecule has 110 valence electrons. The molecular formula is C17H26N2S. The van der Waals surface area contributed by atoms with Crippen LogP contribution in [0.15, 0.2) is 29.3 Å². The van der Waals surface area contributed by atoms with E-state index in [9.17, 15) is 0 Å². The van der Waals surface area contributed by atoms with Gasteiger partial charge in [0.15, 0.2) is 5.17 Å². The van der Waals surface area contributed by atoms with E-state index < -0.39 is 0 Å². The summed E-state index contributed by atoms with van der Waals surface area (Å²) in [6.07, 6.45) is 2.29. The number of amidine groups is 1. The van der Waals surface area contributed by atoms with Gasteiger partial charge >= 0.3 is 0 Å². The van der Waals surface area contributed by atoms with Gasteiger partial charge in [-0.05, 0) is 30.7 Å². The normalized spacial score (nSPS) is 19.0. The van der Waals surface area contributed by atoms with Crippen molar-refractivity contribution in [1.29, 1.82) is 0 Å². The predicted octanol–water partition coefficient (Wildman–Crippen LogP) is 4.03. The molecule has 1 aliphatic rings. The fourth-order valence-corrected chi connectivity index (χ4v) is 3.87. The molecule has 0 amide bonds. The van der Waals surface area contributed by atoms with Gasteiger partial charge in [-0.2, -0.15) is 0 Å². The van der Waals surface area contributed by atoms with Crippen LogP contribution < -0.4 is 5.32 Å². The molecule has 0 spiro atoms. The first kappa shape index (κ1) is 15.4. The number of rotatable bonds is 4. The summed E-state index contributed by atoms with van der Waals surface area (Å²) in [7, 11) is 0.